The summed E-state index contributed by atoms with van der Waals surface area (Å²) in [5, 5.41) is 11.0. The second-order valence-corrected chi connectivity index (χ2v) is 4.47. The normalized spacial score (nSPS) is 10.2. The minimum atomic E-state index is -0.461. The molecule has 0 bridgehead atoms. The number of hydrogen-bond donors (Lipinski definition) is 0. The summed E-state index contributed by atoms with van der Waals surface area (Å²) in [5.74, 6) is 0. The Morgan fingerprint density at radius 3 is 2.46 bits per heavy atom. The van der Waals surface area contributed by atoms with E-state index < -0.39 is 4.92 Å². The van der Waals surface area contributed by atoms with E-state index >= 15 is 0 Å². The van der Waals surface area contributed by atoms with Crippen LogP contribution < -0.4 is 0 Å². The fourth-order valence-corrected chi connectivity index (χ4v) is 2.58. The minimum absolute atomic E-state index is 0.00759. The third kappa shape index (κ3) is 2.03. The van der Waals surface area contributed by atoms with Crippen LogP contribution in [-0.2, 0) is 0 Å². The molecule has 1 aromatic carbocycles. The summed E-state index contributed by atoms with van der Waals surface area (Å²) >= 11 is 12.1. The van der Waals surface area contributed by atoms with Crippen LogP contribution in [-0.4, -0.2) is 4.92 Å². The van der Waals surface area contributed by atoms with E-state index in [-0.39, 0.29) is 5.69 Å². The van der Waals surface area contributed by atoms with Crippen LogP contribution in [0.5, 0.6) is 0 Å². The molecule has 1 rings (SSSR count). The summed E-state index contributed by atoms with van der Waals surface area (Å²) in [6.07, 6.45) is 0. The van der Waals surface area contributed by atoms with Crippen LogP contribution in [0.4, 0.5) is 5.69 Å². The van der Waals surface area contributed by atoms with Gasteiger partial charge < -0.3 is 0 Å². The zero-order valence-corrected chi connectivity index (χ0v) is 10.4. The predicted molar refractivity (Wildman–Crippen MR) is 58.2 cm³/mol. The zero-order valence-electron chi connectivity index (χ0n) is 6.47. The van der Waals surface area contributed by atoms with Gasteiger partial charge in [-0.25, -0.2) is 0 Å². The van der Waals surface area contributed by atoms with Gasteiger partial charge >= 0.3 is 0 Å². The van der Waals surface area contributed by atoms with Gasteiger partial charge in [0.2, 0.25) is 0 Å². The molecule has 0 aromatic heterocycles. The van der Waals surface area contributed by atoms with Gasteiger partial charge in [-0.2, -0.15) is 0 Å². The molecule has 13 heavy (non-hydrogen) atoms. The molecule has 0 unspecified atom stereocenters. The SMILES string of the molecule is Cc1c(Cl)c(Br)cc(Br)c1[N+](=O)[O-]. The Balaban J connectivity index is 3.53. The fourth-order valence-electron chi connectivity index (χ4n) is 0.929. The lowest BCUT2D eigenvalue weighted by Crippen LogP contribution is -1.94. The Morgan fingerprint density at radius 2 is 2.00 bits per heavy atom. The van der Waals surface area contributed by atoms with Crippen molar-refractivity contribution in [3.05, 3.63) is 35.7 Å². The van der Waals surface area contributed by atoms with Crippen molar-refractivity contribution in [2.24, 2.45) is 0 Å². The van der Waals surface area contributed by atoms with Crippen LogP contribution in [0.25, 0.3) is 0 Å². The second kappa shape index (κ2) is 3.94. The van der Waals surface area contributed by atoms with Crippen LogP contribution >= 0.6 is 43.5 Å². The Kier molecular flexibility index (Phi) is 3.32. The summed E-state index contributed by atoms with van der Waals surface area (Å²) in [5.41, 5.74) is 0.459. The molecule has 0 heterocycles. The molecule has 3 nitrogen and oxygen atoms in total. The molecule has 0 atom stereocenters. The average molecular weight is 329 g/mol. The number of hydrogen-bond acceptors (Lipinski definition) is 2. The summed E-state index contributed by atoms with van der Waals surface area (Å²) in [4.78, 5) is 10.1. The number of nitro groups is 1. The first kappa shape index (κ1) is 10.9. The van der Waals surface area contributed by atoms with Crippen molar-refractivity contribution >= 4 is 49.1 Å². The Bertz CT molecular complexity index is 381. The van der Waals surface area contributed by atoms with Crippen molar-refractivity contribution in [2.75, 3.05) is 0 Å². The number of halogens is 3. The summed E-state index contributed by atoms with van der Waals surface area (Å²) < 4.78 is 1.07. The van der Waals surface area contributed by atoms with Gasteiger partial charge in [0, 0.05) is 10.0 Å². The summed E-state index contributed by atoms with van der Waals surface area (Å²) in [6, 6.07) is 1.56. The summed E-state index contributed by atoms with van der Waals surface area (Å²) in [6.45, 7) is 1.61. The number of nitro benzene ring substituents is 1. The van der Waals surface area contributed by atoms with Gasteiger partial charge in [-0.15, -0.1) is 0 Å². The smallest absolute Gasteiger partial charge is 0.258 e. The average Bonchev–Trinajstić information content (AvgIpc) is 1.99. The van der Waals surface area contributed by atoms with Crippen LogP contribution in [0.2, 0.25) is 5.02 Å². The highest BCUT2D eigenvalue weighted by atomic mass is 79.9. The van der Waals surface area contributed by atoms with E-state index in [1.54, 1.807) is 13.0 Å². The molecule has 0 N–H and O–H groups in total. The maximum atomic E-state index is 10.6. The van der Waals surface area contributed by atoms with Crippen LogP contribution in [0.3, 0.4) is 0 Å². The predicted octanol–water partition coefficient (Wildman–Crippen LogP) is 4.08. The molecule has 0 aliphatic rings. The maximum Gasteiger partial charge on any atom is 0.287 e. The van der Waals surface area contributed by atoms with Crippen LogP contribution in [0, 0.1) is 17.0 Å². The monoisotopic (exact) mass is 327 g/mol. The molecule has 1 aromatic rings. The van der Waals surface area contributed by atoms with Gasteiger partial charge in [-0.3, -0.25) is 10.1 Å². The molecule has 6 heteroatoms. The van der Waals surface area contributed by atoms with E-state index in [1.165, 1.54) is 0 Å². The Hall–Kier alpha value is -0.130. The van der Waals surface area contributed by atoms with Crippen molar-refractivity contribution in [3.8, 4) is 0 Å². The number of benzene rings is 1. The van der Waals surface area contributed by atoms with E-state index in [0.29, 0.717) is 19.5 Å². The minimum Gasteiger partial charge on any atom is -0.258 e. The highest BCUT2D eigenvalue weighted by Crippen LogP contribution is 2.38. The zero-order chi connectivity index (χ0) is 10.2. The van der Waals surface area contributed by atoms with Gasteiger partial charge in [0.15, 0.2) is 0 Å². The van der Waals surface area contributed by atoms with Gasteiger partial charge in [-0.1, -0.05) is 11.6 Å². The largest absolute Gasteiger partial charge is 0.287 e. The molecule has 70 valence electrons. The van der Waals surface area contributed by atoms with E-state index in [1.807, 2.05) is 0 Å². The molecule has 0 aliphatic carbocycles. The Labute approximate surface area is 96.5 Å². The molecule has 0 fully saturated rings. The number of nitrogens with zero attached hydrogens (tertiary/aromatic N) is 1. The van der Waals surface area contributed by atoms with Crippen molar-refractivity contribution in [1.82, 2.24) is 0 Å². The fraction of sp³-hybridized carbons (Fsp3) is 0.143. The molecule has 0 amide bonds. The number of rotatable bonds is 1. The first-order valence-corrected chi connectivity index (χ1v) is 5.20. The molecule has 0 radical (unpaired) electrons. The second-order valence-electron chi connectivity index (χ2n) is 2.38. The maximum absolute atomic E-state index is 10.6. The molecule has 0 saturated heterocycles. The van der Waals surface area contributed by atoms with Crippen molar-refractivity contribution in [2.45, 2.75) is 6.92 Å². The standard InChI is InChI=1S/C7H4Br2ClNO2/c1-3-6(10)4(8)2-5(9)7(3)11(12)13/h2H,1H3. The van der Waals surface area contributed by atoms with E-state index in [4.69, 9.17) is 11.6 Å². The molecule has 0 aliphatic heterocycles. The van der Waals surface area contributed by atoms with Gasteiger partial charge in [-0.05, 0) is 44.8 Å². The van der Waals surface area contributed by atoms with Gasteiger partial charge in [0.25, 0.3) is 5.69 Å². The highest BCUT2D eigenvalue weighted by Gasteiger charge is 2.20. The van der Waals surface area contributed by atoms with E-state index in [2.05, 4.69) is 31.9 Å². The van der Waals surface area contributed by atoms with Gasteiger partial charge in [0.1, 0.15) is 0 Å². The van der Waals surface area contributed by atoms with Crippen molar-refractivity contribution < 1.29 is 4.92 Å². The molecule has 0 spiro atoms. The molecule has 0 saturated carbocycles. The van der Waals surface area contributed by atoms with Crippen LogP contribution in [0.15, 0.2) is 15.0 Å². The lowest BCUT2D eigenvalue weighted by molar-refractivity contribution is -0.386. The lowest BCUT2D eigenvalue weighted by Gasteiger charge is -2.03. The van der Waals surface area contributed by atoms with E-state index in [9.17, 15) is 10.1 Å². The first-order chi connectivity index (χ1) is 5.95. The molecular formula is C7H4Br2ClNO2. The topological polar surface area (TPSA) is 43.1 Å². The third-order valence-electron chi connectivity index (χ3n) is 1.56. The Morgan fingerprint density at radius 1 is 1.46 bits per heavy atom. The van der Waals surface area contributed by atoms with Crippen LogP contribution in [0.1, 0.15) is 5.56 Å². The third-order valence-corrected chi connectivity index (χ3v) is 3.50. The molecular weight excluding hydrogens is 325 g/mol. The first-order valence-electron chi connectivity index (χ1n) is 3.23. The van der Waals surface area contributed by atoms with E-state index in [0.717, 1.165) is 0 Å². The summed E-state index contributed by atoms with van der Waals surface area (Å²) in [7, 11) is 0. The highest BCUT2D eigenvalue weighted by molar-refractivity contribution is 9.11. The lowest BCUT2D eigenvalue weighted by atomic mass is 10.2. The van der Waals surface area contributed by atoms with Crippen molar-refractivity contribution in [1.29, 1.82) is 0 Å². The van der Waals surface area contributed by atoms with Gasteiger partial charge in [0.05, 0.1) is 14.4 Å². The van der Waals surface area contributed by atoms with Crippen molar-refractivity contribution in [3.63, 3.8) is 0 Å². The quantitative estimate of drug-likeness (QED) is 0.443.